The highest BCUT2D eigenvalue weighted by Gasteiger charge is 2.17. The number of likely N-dealkylation sites (N-methyl/N-ethyl adjacent to an activating group) is 1. The summed E-state index contributed by atoms with van der Waals surface area (Å²) in [6.45, 7) is 7.35. The van der Waals surface area contributed by atoms with Crippen LogP contribution in [0, 0.1) is 18.7 Å². The van der Waals surface area contributed by atoms with Gasteiger partial charge in [-0.25, -0.2) is 4.39 Å². The molecule has 0 saturated carbocycles. The van der Waals surface area contributed by atoms with Crippen LogP contribution in [-0.4, -0.2) is 57.9 Å². The molecule has 1 heterocycles. The molecule has 0 bridgehead atoms. The number of nitrogens with one attached hydrogen (secondary N) is 2. The Hall–Kier alpha value is -2.64. The number of aryl methyl sites for hydroxylation is 1. The highest BCUT2D eigenvalue weighted by Crippen LogP contribution is 2.22. The van der Waals surface area contributed by atoms with Gasteiger partial charge in [0.2, 0.25) is 0 Å². The Bertz CT molecular complexity index is 867. The Labute approximate surface area is 190 Å². The van der Waals surface area contributed by atoms with E-state index in [1.54, 1.807) is 7.05 Å². The van der Waals surface area contributed by atoms with Crippen molar-refractivity contribution in [3.05, 3.63) is 65.0 Å². The maximum atomic E-state index is 13.1. The first-order valence-corrected chi connectivity index (χ1v) is 11.2. The molecule has 0 amide bonds. The van der Waals surface area contributed by atoms with Gasteiger partial charge in [-0.2, -0.15) is 0 Å². The molecule has 32 heavy (non-hydrogen) atoms. The molecule has 1 aliphatic rings. The third-order valence-electron chi connectivity index (χ3n) is 5.54. The van der Waals surface area contributed by atoms with E-state index in [2.05, 4.69) is 45.6 Å². The molecule has 1 fully saturated rings. The number of guanidine groups is 1. The monoisotopic (exact) mass is 442 g/mol. The first-order valence-electron chi connectivity index (χ1n) is 11.2. The highest BCUT2D eigenvalue weighted by molar-refractivity contribution is 5.79. The Morgan fingerprint density at radius 1 is 1.22 bits per heavy atom. The van der Waals surface area contributed by atoms with Gasteiger partial charge in [0.05, 0.1) is 13.2 Å². The Balaban J connectivity index is 1.43. The third kappa shape index (κ3) is 7.80. The van der Waals surface area contributed by atoms with Crippen molar-refractivity contribution in [2.45, 2.75) is 26.4 Å². The van der Waals surface area contributed by atoms with Gasteiger partial charge in [0.15, 0.2) is 5.96 Å². The summed E-state index contributed by atoms with van der Waals surface area (Å²) in [6, 6.07) is 12.9. The summed E-state index contributed by atoms with van der Waals surface area (Å²) in [5.74, 6) is 1.93. The summed E-state index contributed by atoms with van der Waals surface area (Å²) in [7, 11) is 3.82. The summed E-state index contributed by atoms with van der Waals surface area (Å²) in [4.78, 5) is 6.51. The van der Waals surface area contributed by atoms with Crippen molar-refractivity contribution in [2.75, 3.05) is 47.0 Å². The number of hydrogen-bond acceptors (Lipinski definition) is 4. The fourth-order valence-electron chi connectivity index (χ4n) is 3.61. The van der Waals surface area contributed by atoms with Gasteiger partial charge in [-0.05, 0) is 49.7 Å². The summed E-state index contributed by atoms with van der Waals surface area (Å²) in [6.07, 6.45) is 1.06. The lowest BCUT2D eigenvalue weighted by Gasteiger charge is -2.19. The maximum absolute atomic E-state index is 13.1. The number of aliphatic imine (C=N–C) groups is 1. The summed E-state index contributed by atoms with van der Waals surface area (Å²) >= 11 is 0. The van der Waals surface area contributed by atoms with Crippen molar-refractivity contribution in [2.24, 2.45) is 10.9 Å². The summed E-state index contributed by atoms with van der Waals surface area (Å²) in [5.41, 5.74) is 3.37. The molecule has 3 rings (SSSR count). The summed E-state index contributed by atoms with van der Waals surface area (Å²) < 4.78 is 24.6. The van der Waals surface area contributed by atoms with Gasteiger partial charge in [0, 0.05) is 51.3 Å². The zero-order valence-electron chi connectivity index (χ0n) is 19.4. The average Bonchev–Trinajstić information content (AvgIpc) is 3.31. The van der Waals surface area contributed by atoms with Crippen LogP contribution >= 0.6 is 0 Å². The molecule has 1 unspecified atom stereocenters. The van der Waals surface area contributed by atoms with Crippen molar-refractivity contribution in [1.29, 1.82) is 0 Å². The largest absolute Gasteiger partial charge is 0.493 e. The van der Waals surface area contributed by atoms with Gasteiger partial charge in [-0.3, -0.25) is 4.99 Å². The van der Waals surface area contributed by atoms with Gasteiger partial charge in [-0.15, -0.1) is 0 Å². The number of benzene rings is 2. The van der Waals surface area contributed by atoms with Crippen molar-refractivity contribution in [1.82, 2.24) is 15.5 Å². The quantitative estimate of drug-likeness (QED) is 0.437. The van der Waals surface area contributed by atoms with Crippen molar-refractivity contribution >= 4 is 5.96 Å². The van der Waals surface area contributed by atoms with E-state index in [-0.39, 0.29) is 5.82 Å². The van der Waals surface area contributed by atoms with Crippen molar-refractivity contribution in [3.63, 3.8) is 0 Å². The van der Waals surface area contributed by atoms with Crippen LogP contribution in [-0.2, 0) is 17.8 Å². The molecule has 6 nitrogen and oxygen atoms in total. The third-order valence-corrected chi connectivity index (χ3v) is 5.54. The van der Waals surface area contributed by atoms with Gasteiger partial charge in [-0.1, -0.05) is 24.3 Å². The smallest absolute Gasteiger partial charge is 0.191 e. The van der Waals surface area contributed by atoms with Crippen LogP contribution in [0.2, 0.25) is 0 Å². The highest BCUT2D eigenvalue weighted by atomic mass is 19.1. The molecular formula is C25H35FN4O2. The predicted octanol–water partition coefficient (Wildman–Crippen LogP) is 3.35. The first-order chi connectivity index (χ1) is 15.5. The number of ether oxygens (including phenoxy) is 2. The number of nitrogens with zero attached hydrogens (tertiary/aromatic N) is 2. The minimum absolute atomic E-state index is 0.206. The Morgan fingerprint density at radius 2 is 2.03 bits per heavy atom. The molecule has 2 N–H and O–H groups in total. The van der Waals surface area contributed by atoms with E-state index in [9.17, 15) is 4.39 Å². The number of rotatable bonds is 10. The van der Waals surface area contributed by atoms with Crippen LogP contribution in [0.5, 0.6) is 5.75 Å². The lowest BCUT2D eigenvalue weighted by Crippen LogP contribution is -2.40. The van der Waals surface area contributed by atoms with Crippen LogP contribution in [0.25, 0.3) is 0 Å². The second-order valence-corrected chi connectivity index (χ2v) is 8.37. The molecule has 0 radical (unpaired) electrons. The van der Waals surface area contributed by atoms with Crippen LogP contribution in [0.4, 0.5) is 4.39 Å². The Morgan fingerprint density at radius 3 is 2.75 bits per heavy atom. The fourth-order valence-corrected chi connectivity index (χ4v) is 3.61. The van der Waals surface area contributed by atoms with E-state index in [0.717, 1.165) is 62.1 Å². The molecule has 1 aliphatic heterocycles. The van der Waals surface area contributed by atoms with Crippen LogP contribution in [0.3, 0.4) is 0 Å². The fraction of sp³-hybridized carbons (Fsp3) is 0.480. The van der Waals surface area contributed by atoms with E-state index in [1.807, 2.05) is 19.2 Å². The van der Waals surface area contributed by atoms with E-state index in [1.165, 1.54) is 17.7 Å². The molecule has 2 aromatic carbocycles. The van der Waals surface area contributed by atoms with Crippen LogP contribution in [0.15, 0.2) is 47.5 Å². The molecule has 1 saturated heterocycles. The van der Waals surface area contributed by atoms with Gasteiger partial charge >= 0.3 is 0 Å². The average molecular weight is 443 g/mol. The standard InChI is InChI=1S/C25H35FN4O2/c1-19-4-7-22(24(14-19)32-18-21-10-13-31-17-21)15-29-25(27-2)28-11-12-30(3)16-20-5-8-23(26)9-6-20/h4-9,14,21H,10-13,15-18H2,1-3H3,(H2,27,28,29). The number of halogens is 1. The van der Waals surface area contributed by atoms with Gasteiger partial charge in [0.1, 0.15) is 11.6 Å². The molecular weight excluding hydrogens is 407 g/mol. The molecule has 174 valence electrons. The zero-order chi connectivity index (χ0) is 22.8. The molecule has 0 spiro atoms. The SMILES string of the molecule is CN=C(NCCN(C)Cc1ccc(F)cc1)NCc1ccc(C)cc1OCC1CCOC1. The lowest BCUT2D eigenvalue weighted by molar-refractivity contribution is 0.166. The van der Waals surface area contributed by atoms with Crippen molar-refractivity contribution < 1.29 is 13.9 Å². The second-order valence-electron chi connectivity index (χ2n) is 8.37. The minimum Gasteiger partial charge on any atom is -0.493 e. The summed E-state index contributed by atoms with van der Waals surface area (Å²) in [5, 5.41) is 6.73. The van der Waals surface area contributed by atoms with E-state index in [4.69, 9.17) is 9.47 Å². The molecule has 2 aromatic rings. The molecule has 1 atom stereocenters. The van der Waals surface area contributed by atoms with E-state index in [0.29, 0.717) is 19.1 Å². The van der Waals surface area contributed by atoms with E-state index >= 15 is 0 Å². The topological polar surface area (TPSA) is 58.1 Å². The van der Waals surface area contributed by atoms with Gasteiger partial charge in [0.25, 0.3) is 0 Å². The molecule has 0 aliphatic carbocycles. The van der Waals surface area contributed by atoms with Crippen molar-refractivity contribution in [3.8, 4) is 5.75 Å². The van der Waals surface area contributed by atoms with Crippen LogP contribution in [0.1, 0.15) is 23.1 Å². The first kappa shape index (κ1) is 24.0. The van der Waals surface area contributed by atoms with E-state index < -0.39 is 0 Å². The zero-order valence-corrected chi connectivity index (χ0v) is 19.4. The number of hydrogen-bond donors (Lipinski definition) is 2. The van der Waals surface area contributed by atoms with Crippen LogP contribution < -0.4 is 15.4 Å². The predicted molar refractivity (Wildman–Crippen MR) is 127 cm³/mol. The maximum Gasteiger partial charge on any atom is 0.191 e. The normalized spacial score (nSPS) is 16.4. The van der Waals surface area contributed by atoms with Gasteiger partial charge < -0.3 is 25.0 Å². The minimum atomic E-state index is -0.206. The molecule has 7 heteroatoms. The Kier molecular flexibility index (Phi) is 9.31. The molecule has 0 aromatic heterocycles. The second kappa shape index (κ2) is 12.4. The lowest BCUT2D eigenvalue weighted by atomic mass is 10.1.